The van der Waals surface area contributed by atoms with Crippen LogP contribution in [0.1, 0.15) is 44.7 Å². The summed E-state index contributed by atoms with van der Waals surface area (Å²) >= 11 is 0. The predicted octanol–water partition coefficient (Wildman–Crippen LogP) is 3.38. The van der Waals surface area contributed by atoms with E-state index in [1.165, 1.54) is 5.56 Å². The highest BCUT2D eigenvalue weighted by molar-refractivity contribution is 5.81. The van der Waals surface area contributed by atoms with Gasteiger partial charge in [0, 0.05) is 6.04 Å². The van der Waals surface area contributed by atoms with Crippen LogP contribution < -0.4 is 10.1 Å². The van der Waals surface area contributed by atoms with E-state index in [2.05, 4.69) is 12.2 Å². The second kappa shape index (κ2) is 7.17. The number of benzene rings is 1. The van der Waals surface area contributed by atoms with Gasteiger partial charge in [-0.2, -0.15) is 0 Å². The number of rotatable bonds is 6. The fourth-order valence-corrected chi connectivity index (χ4v) is 1.96. The summed E-state index contributed by atoms with van der Waals surface area (Å²) in [6.45, 7) is 9.96. The van der Waals surface area contributed by atoms with Gasteiger partial charge in [0.05, 0.1) is 0 Å². The molecule has 0 saturated heterocycles. The van der Waals surface area contributed by atoms with E-state index in [1.807, 2.05) is 39.0 Å². The fraction of sp³-hybridized carbons (Fsp3) is 0.562. The Labute approximate surface area is 116 Å². The molecule has 0 unspecified atom stereocenters. The SMILES string of the molecule is CCC[C@@H](C)NC(=O)[C@@H](C)Oc1cccc(C)c1C. The summed E-state index contributed by atoms with van der Waals surface area (Å²) in [5.41, 5.74) is 2.26. The monoisotopic (exact) mass is 263 g/mol. The fourth-order valence-electron chi connectivity index (χ4n) is 1.96. The van der Waals surface area contributed by atoms with Gasteiger partial charge in [-0.3, -0.25) is 4.79 Å². The van der Waals surface area contributed by atoms with Crippen molar-refractivity contribution >= 4 is 5.91 Å². The summed E-state index contributed by atoms with van der Waals surface area (Å²) < 4.78 is 5.75. The average Bonchev–Trinajstić information content (AvgIpc) is 2.35. The summed E-state index contributed by atoms with van der Waals surface area (Å²) in [6, 6.07) is 6.09. The lowest BCUT2D eigenvalue weighted by Crippen LogP contribution is -2.41. The standard InChI is InChI=1S/C16H25NO2/c1-6-8-12(3)17-16(18)14(5)19-15-10-7-9-11(2)13(15)4/h7,9-10,12,14H,6,8H2,1-5H3,(H,17,18)/t12-,14-/m1/s1. The number of nitrogens with one attached hydrogen (secondary N) is 1. The van der Waals surface area contributed by atoms with Gasteiger partial charge in [-0.15, -0.1) is 0 Å². The van der Waals surface area contributed by atoms with Crippen LogP contribution in [0.5, 0.6) is 5.75 Å². The lowest BCUT2D eigenvalue weighted by molar-refractivity contribution is -0.127. The minimum atomic E-state index is -0.472. The largest absolute Gasteiger partial charge is 0.481 e. The normalized spacial score (nSPS) is 13.7. The van der Waals surface area contributed by atoms with Crippen molar-refractivity contribution in [3.05, 3.63) is 29.3 Å². The van der Waals surface area contributed by atoms with Crippen molar-refractivity contribution in [2.75, 3.05) is 0 Å². The Morgan fingerprint density at radius 1 is 1.32 bits per heavy atom. The Bertz CT molecular complexity index is 429. The molecule has 0 heterocycles. The highest BCUT2D eigenvalue weighted by Gasteiger charge is 2.17. The number of hydrogen-bond donors (Lipinski definition) is 1. The number of carbonyl (C=O) groups is 1. The van der Waals surface area contributed by atoms with Crippen molar-refractivity contribution in [1.29, 1.82) is 0 Å². The summed E-state index contributed by atoms with van der Waals surface area (Å²) in [5, 5.41) is 2.97. The molecular formula is C16H25NO2. The van der Waals surface area contributed by atoms with Gasteiger partial charge in [-0.05, 0) is 51.3 Å². The zero-order chi connectivity index (χ0) is 14.4. The van der Waals surface area contributed by atoms with Gasteiger partial charge in [0.1, 0.15) is 5.75 Å². The van der Waals surface area contributed by atoms with Crippen LogP contribution in [0.3, 0.4) is 0 Å². The summed E-state index contributed by atoms with van der Waals surface area (Å²) in [6.07, 6.45) is 1.58. The molecule has 106 valence electrons. The van der Waals surface area contributed by atoms with Gasteiger partial charge in [0.15, 0.2) is 6.10 Å². The van der Waals surface area contributed by atoms with Gasteiger partial charge in [0.25, 0.3) is 5.91 Å². The number of ether oxygens (including phenoxy) is 1. The molecule has 3 heteroatoms. The Hall–Kier alpha value is -1.51. The smallest absolute Gasteiger partial charge is 0.260 e. The van der Waals surface area contributed by atoms with Crippen molar-refractivity contribution in [3.63, 3.8) is 0 Å². The summed E-state index contributed by atoms with van der Waals surface area (Å²) in [5.74, 6) is 0.729. The highest BCUT2D eigenvalue weighted by atomic mass is 16.5. The molecule has 0 aromatic heterocycles. The van der Waals surface area contributed by atoms with Gasteiger partial charge in [-0.1, -0.05) is 25.5 Å². The molecule has 1 aromatic rings. The molecule has 0 bridgehead atoms. The molecule has 1 N–H and O–H groups in total. The van der Waals surface area contributed by atoms with Gasteiger partial charge in [-0.25, -0.2) is 0 Å². The molecule has 3 nitrogen and oxygen atoms in total. The van der Waals surface area contributed by atoms with Crippen LogP contribution in [-0.4, -0.2) is 18.1 Å². The van der Waals surface area contributed by atoms with E-state index in [0.717, 1.165) is 24.2 Å². The van der Waals surface area contributed by atoms with Crippen LogP contribution in [0.25, 0.3) is 0 Å². The first kappa shape index (κ1) is 15.5. The van der Waals surface area contributed by atoms with Crippen molar-refractivity contribution in [2.24, 2.45) is 0 Å². The quantitative estimate of drug-likeness (QED) is 0.854. The van der Waals surface area contributed by atoms with E-state index < -0.39 is 6.10 Å². The van der Waals surface area contributed by atoms with E-state index >= 15 is 0 Å². The van der Waals surface area contributed by atoms with Crippen molar-refractivity contribution in [2.45, 2.75) is 59.6 Å². The van der Waals surface area contributed by atoms with E-state index in [4.69, 9.17) is 4.74 Å². The Balaban J connectivity index is 2.61. The van der Waals surface area contributed by atoms with Crippen LogP contribution in [0.4, 0.5) is 0 Å². The van der Waals surface area contributed by atoms with Gasteiger partial charge >= 0.3 is 0 Å². The minimum absolute atomic E-state index is 0.0538. The number of amides is 1. The zero-order valence-electron chi connectivity index (χ0n) is 12.6. The molecule has 1 amide bonds. The second-order valence-electron chi connectivity index (χ2n) is 5.16. The lowest BCUT2D eigenvalue weighted by Gasteiger charge is -2.19. The van der Waals surface area contributed by atoms with Crippen molar-refractivity contribution < 1.29 is 9.53 Å². The maximum absolute atomic E-state index is 12.0. The number of aryl methyl sites for hydroxylation is 1. The summed E-state index contributed by atoms with van der Waals surface area (Å²) in [7, 11) is 0. The van der Waals surface area contributed by atoms with E-state index in [-0.39, 0.29) is 11.9 Å². The highest BCUT2D eigenvalue weighted by Crippen LogP contribution is 2.21. The minimum Gasteiger partial charge on any atom is -0.481 e. The maximum Gasteiger partial charge on any atom is 0.260 e. The molecule has 19 heavy (non-hydrogen) atoms. The topological polar surface area (TPSA) is 38.3 Å². The molecule has 0 spiro atoms. The van der Waals surface area contributed by atoms with Crippen LogP contribution in [0.2, 0.25) is 0 Å². The Morgan fingerprint density at radius 2 is 2.00 bits per heavy atom. The first-order valence-corrected chi connectivity index (χ1v) is 6.99. The second-order valence-corrected chi connectivity index (χ2v) is 5.16. The molecule has 0 saturated carbocycles. The number of carbonyl (C=O) groups excluding carboxylic acids is 1. The maximum atomic E-state index is 12.0. The van der Waals surface area contributed by atoms with Crippen molar-refractivity contribution in [1.82, 2.24) is 5.32 Å². The molecule has 0 aliphatic heterocycles. The predicted molar refractivity (Wildman–Crippen MR) is 78.5 cm³/mol. The Kier molecular flexibility index (Phi) is 5.87. The van der Waals surface area contributed by atoms with Crippen molar-refractivity contribution in [3.8, 4) is 5.75 Å². The molecule has 2 atom stereocenters. The third-order valence-electron chi connectivity index (χ3n) is 3.34. The van der Waals surface area contributed by atoms with Crippen LogP contribution in [-0.2, 0) is 4.79 Å². The molecular weight excluding hydrogens is 238 g/mol. The van der Waals surface area contributed by atoms with Crippen LogP contribution >= 0.6 is 0 Å². The molecule has 1 aromatic carbocycles. The first-order chi connectivity index (χ1) is 8.95. The average molecular weight is 263 g/mol. The van der Waals surface area contributed by atoms with E-state index in [9.17, 15) is 4.79 Å². The van der Waals surface area contributed by atoms with E-state index in [1.54, 1.807) is 6.92 Å². The molecule has 0 radical (unpaired) electrons. The third-order valence-corrected chi connectivity index (χ3v) is 3.34. The molecule has 0 aliphatic carbocycles. The number of hydrogen-bond acceptors (Lipinski definition) is 2. The van der Waals surface area contributed by atoms with Gasteiger partial charge in [0.2, 0.25) is 0 Å². The van der Waals surface area contributed by atoms with Gasteiger partial charge < -0.3 is 10.1 Å². The molecule has 0 aliphatic rings. The molecule has 1 rings (SSSR count). The third kappa shape index (κ3) is 4.58. The molecule has 0 fully saturated rings. The zero-order valence-corrected chi connectivity index (χ0v) is 12.6. The lowest BCUT2D eigenvalue weighted by atomic mass is 10.1. The van der Waals surface area contributed by atoms with E-state index in [0.29, 0.717) is 0 Å². The summed E-state index contributed by atoms with van der Waals surface area (Å²) in [4.78, 5) is 12.0. The Morgan fingerprint density at radius 3 is 2.63 bits per heavy atom. The first-order valence-electron chi connectivity index (χ1n) is 6.99. The van der Waals surface area contributed by atoms with Crippen LogP contribution in [0.15, 0.2) is 18.2 Å². The van der Waals surface area contributed by atoms with Crippen LogP contribution in [0, 0.1) is 13.8 Å².